The number of anilines is 1. The van der Waals surface area contributed by atoms with Gasteiger partial charge in [-0.15, -0.1) is 0 Å². The molecule has 2 rings (SSSR count). The molecule has 0 bridgehead atoms. The van der Waals surface area contributed by atoms with Crippen LogP contribution >= 0.6 is 0 Å². The van der Waals surface area contributed by atoms with Gasteiger partial charge in [0.2, 0.25) is 5.88 Å². The third kappa shape index (κ3) is 3.28. The standard InChI is InChI=1S/C11H11N5O4/c1-20-9-5-7(2-3-12-9)4-8-6-13-11(14-10(8)17)15-16(18)19/h2-3,5-6H,4H2,1H3,(H2,13,14,15,17). The average Bonchev–Trinajstić information content (AvgIpc) is 2.41. The number of nitrogens with zero attached hydrogens (tertiary/aromatic N) is 3. The molecule has 9 heteroatoms. The van der Waals surface area contributed by atoms with E-state index in [-0.39, 0.29) is 5.95 Å². The maximum Gasteiger partial charge on any atom is 0.265 e. The molecular weight excluding hydrogens is 266 g/mol. The van der Waals surface area contributed by atoms with Gasteiger partial charge in [0.25, 0.3) is 11.5 Å². The minimum atomic E-state index is -0.800. The number of hydrogen-bond acceptors (Lipinski definition) is 6. The summed E-state index contributed by atoms with van der Waals surface area (Å²) in [6.07, 6.45) is 3.18. The van der Waals surface area contributed by atoms with Crippen LogP contribution in [-0.4, -0.2) is 27.1 Å². The van der Waals surface area contributed by atoms with Gasteiger partial charge in [-0.2, -0.15) is 0 Å². The number of aromatic nitrogens is 3. The van der Waals surface area contributed by atoms with Crippen LogP contribution in [-0.2, 0) is 6.42 Å². The van der Waals surface area contributed by atoms with Crippen LogP contribution in [0.25, 0.3) is 0 Å². The predicted molar refractivity (Wildman–Crippen MR) is 69.1 cm³/mol. The van der Waals surface area contributed by atoms with E-state index in [0.29, 0.717) is 17.9 Å². The lowest BCUT2D eigenvalue weighted by Gasteiger charge is -2.03. The maximum atomic E-state index is 11.8. The summed E-state index contributed by atoms with van der Waals surface area (Å²) < 4.78 is 4.99. The number of hydrazine groups is 1. The molecule has 0 spiro atoms. The molecule has 0 aromatic carbocycles. The Morgan fingerprint density at radius 2 is 2.30 bits per heavy atom. The normalized spacial score (nSPS) is 10.1. The first-order valence-electron chi connectivity index (χ1n) is 5.56. The van der Waals surface area contributed by atoms with Gasteiger partial charge in [-0.25, -0.2) is 20.1 Å². The Balaban J connectivity index is 2.21. The highest BCUT2D eigenvalue weighted by Gasteiger charge is 2.07. The lowest BCUT2D eigenvalue weighted by molar-refractivity contribution is -0.446. The predicted octanol–water partition coefficient (Wildman–Crippen LogP) is 0.368. The number of aromatic amines is 1. The molecule has 0 aliphatic rings. The molecule has 0 atom stereocenters. The van der Waals surface area contributed by atoms with Crippen molar-refractivity contribution in [3.05, 3.63) is 56.1 Å². The monoisotopic (exact) mass is 277 g/mol. The van der Waals surface area contributed by atoms with Crippen LogP contribution in [0.1, 0.15) is 11.1 Å². The Kier molecular flexibility index (Phi) is 3.89. The zero-order chi connectivity index (χ0) is 14.5. The van der Waals surface area contributed by atoms with E-state index < -0.39 is 10.6 Å². The molecule has 0 amide bonds. The molecule has 104 valence electrons. The highest BCUT2D eigenvalue weighted by atomic mass is 16.7. The van der Waals surface area contributed by atoms with Crippen LogP contribution in [0, 0.1) is 10.1 Å². The van der Waals surface area contributed by atoms with Gasteiger partial charge in [0.05, 0.1) is 7.11 Å². The van der Waals surface area contributed by atoms with Crippen LogP contribution in [0.5, 0.6) is 5.88 Å². The Morgan fingerprint density at radius 1 is 1.50 bits per heavy atom. The fourth-order valence-electron chi connectivity index (χ4n) is 1.58. The van der Waals surface area contributed by atoms with Crippen molar-refractivity contribution in [3.63, 3.8) is 0 Å². The summed E-state index contributed by atoms with van der Waals surface area (Å²) >= 11 is 0. The Bertz CT molecular complexity index is 685. The van der Waals surface area contributed by atoms with E-state index in [4.69, 9.17) is 4.74 Å². The third-order valence-electron chi connectivity index (χ3n) is 2.47. The molecule has 2 aromatic rings. The number of rotatable bonds is 5. The molecule has 2 N–H and O–H groups in total. The Morgan fingerprint density at radius 3 is 2.95 bits per heavy atom. The van der Waals surface area contributed by atoms with E-state index in [1.54, 1.807) is 23.8 Å². The number of nitro groups is 1. The second-order valence-corrected chi connectivity index (χ2v) is 3.84. The SMILES string of the molecule is COc1cc(Cc2cnc(N[N+](=O)[O-])[nH]c2=O)ccn1. The molecule has 9 nitrogen and oxygen atoms in total. The van der Waals surface area contributed by atoms with Gasteiger partial charge < -0.3 is 4.74 Å². The lowest BCUT2D eigenvalue weighted by atomic mass is 10.1. The van der Waals surface area contributed by atoms with Gasteiger partial charge in [-0.05, 0) is 11.6 Å². The van der Waals surface area contributed by atoms with E-state index in [2.05, 4.69) is 15.0 Å². The molecule has 2 heterocycles. The van der Waals surface area contributed by atoms with Crippen LogP contribution in [0.2, 0.25) is 0 Å². The first-order chi connectivity index (χ1) is 9.58. The summed E-state index contributed by atoms with van der Waals surface area (Å²) in [6.45, 7) is 0. The van der Waals surface area contributed by atoms with Gasteiger partial charge in [0.15, 0.2) is 5.03 Å². The molecule has 20 heavy (non-hydrogen) atoms. The van der Waals surface area contributed by atoms with E-state index in [0.717, 1.165) is 5.56 Å². The van der Waals surface area contributed by atoms with Crippen molar-refractivity contribution in [1.82, 2.24) is 15.0 Å². The summed E-state index contributed by atoms with van der Waals surface area (Å²) in [5, 5.41) is 9.44. The summed E-state index contributed by atoms with van der Waals surface area (Å²) in [5.74, 6) is 0.231. The molecule has 0 fully saturated rings. The molecule has 0 saturated carbocycles. The minimum absolute atomic E-state index is 0.212. The van der Waals surface area contributed by atoms with E-state index in [1.807, 2.05) is 0 Å². The quantitative estimate of drug-likeness (QED) is 0.597. The largest absolute Gasteiger partial charge is 0.481 e. The lowest BCUT2D eigenvalue weighted by Crippen LogP contribution is -2.19. The van der Waals surface area contributed by atoms with Gasteiger partial charge in [0, 0.05) is 30.4 Å². The molecule has 2 aromatic heterocycles. The van der Waals surface area contributed by atoms with Gasteiger partial charge >= 0.3 is 0 Å². The average molecular weight is 277 g/mol. The summed E-state index contributed by atoms with van der Waals surface area (Å²) in [6, 6.07) is 3.44. The first-order valence-corrected chi connectivity index (χ1v) is 5.56. The smallest absolute Gasteiger partial charge is 0.265 e. The Hall–Kier alpha value is -2.97. The number of pyridine rings is 1. The van der Waals surface area contributed by atoms with Crippen molar-refractivity contribution in [2.45, 2.75) is 6.42 Å². The number of nitrogens with one attached hydrogen (secondary N) is 2. The fourth-order valence-corrected chi connectivity index (χ4v) is 1.58. The molecule has 0 unspecified atom stereocenters. The van der Waals surface area contributed by atoms with Crippen LogP contribution in [0.3, 0.4) is 0 Å². The summed E-state index contributed by atoms with van der Waals surface area (Å²) in [4.78, 5) is 32.0. The van der Waals surface area contributed by atoms with Gasteiger partial charge in [-0.3, -0.25) is 9.78 Å². The zero-order valence-electron chi connectivity index (χ0n) is 10.5. The fraction of sp³-hybridized carbons (Fsp3) is 0.182. The van der Waals surface area contributed by atoms with Gasteiger partial charge in [-0.1, -0.05) is 5.43 Å². The molecule has 0 aliphatic carbocycles. The van der Waals surface area contributed by atoms with Crippen LogP contribution in [0.15, 0.2) is 29.3 Å². The summed E-state index contributed by atoms with van der Waals surface area (Å²) in [7, 11) is 1.50. The van der Waals surface area contributed by atoms with Crippen molar-refractivity contribution in [3.8, 4) is 5.88 Å². The number of ether oxygens (including phenoxy) is 1. The maximum absolute atomic E-state index is 11.8. The number of H-pyrrole nitrogens is 1. The Labute approximate surface area is 112 Å². The second-order valence-electron chi connectivity index (χ2n) is 3.84. The zero-order valence-corrected chi connectivity index (χ0v) is 10.5. The molecule has 0 radical (unpaired) electrons. The second kappa shape index (κ2) is 5.78. The van der Waals surface area contributed by atoms with Crippen LogP contribution < -0.4 is 15.7 Å². The van der Waals surface area contributed by atoms with Crippen molar-refractivity contribution in [2.75, 3.05) is 12.5 Å². The van der Waals surface area contributed by atoms with Crippen LogP contribution in [0.4, 0.5) is 5.95 Å². The first kappa shape index (κ1) is 13.5. The van der Waals surface area contributed by atoms with Gasteiger partial charge in [0.1, 0.15) is 0 Å². The summed E-state index contributed by atoms with van der Waals surface area (Å²) in [5.41, 5.74) is 2.54. The minimum Gasteiger partial charge on any atom is -0.481 e. The highest BCUT2D eigenvalue weighted by Crippen LogP contribution is 2.11. The van der Waals surface area contributed by atoms with E-state index >= 15 is 0 Å². The molecule has 0 aliphatic heterocycles. The van der Waals surface area contributed by atoms with Crippen molar-refractivity contribution >= 4 is 5.95 Å². The van der Waals surface area contributed by atoms with Crippen molar-refractivity contribution in [1.29, 1.82) is 0 Å². The van der Waals surface area contributed by atoms with E-state index in [9.17, 15) is 14.9 Å². The molecular formula is C11H11N5O4. The van der Waals surface area contributed by atoms with E-state index in [1.165, 1.54) is 13.3 Å². The third-order valence-corrected chi connectivity index (χ3v) is 2.47. The van der Waals surface area contributed by atoms with Crippen molar-refractivity contribution in [2.24, 2.45) is 0 Å². The highest BCUT2D eigenvalue weighted by molar-refractivity contribution is 5.28. The molecule has 0 saturated heterocycles. The number of methoxy groups -OCH3 is 1. The van der Waals surface area contributed by atoms with Crippen molar-refractivity contribution < 1.29 is 9.77 Å². The number of hydrogen-bond donors (Lipinski definition) is 2. The topological polar surface area (TPSA) is 123 Å².